The highest BCUT2D eigenvalue weighted by atomic mass is 32.2. The number of hydrogen-bond donors (Lipinski definition) is 0. The summed E-state index contributed by atoms with van der Waals surface area (Å²) >= 11 is 1.57. The fourth-order valence-electron chi connectivity index (χ4n) is 2.51. The minimum Gasteiger partial charge on any atom is -0.337 e. The summed E-state index contributed by atoms with van der Waals surface area (Å²) in [5, 5.41) is 2.43. The highest BCUT2D eigenvalue weighted by Crippen LogP contribution is 2.26. The number of thiazole rings is 1. The summed E-state index contributed by atoms with van der Waals surface area (Å²) in [5.41, 5.74) is 0.751. The first-order chi connectivity index (χ1) is 10.0. The van der Waals surface area contributed by atoms with Crippen LogP contribution in [0.2, 0.25) is 0 Å². The molecule has 0 aliphatic carbocycles. The Hall–Kier alpha value is -0.950. The summed E-state index contributed by atoms with van der Waals surface area (Å²) in [4.78, 5) is 18.7. The van der Waals surface area contributed by atoms with Crippen LogP contribution in [0.1, 0.15) is 45.3 Å². The molecule has 0 saturated carbocycles. The van der Waals surface area contributed by atoms with Gasteiger partial charge in [0.1, 0.15) is 0 Å². The number of amides is 1. The summed E-state index contributed by atoms with van der Waals surface area (Å²) in [5.74, 6) is 0.00849. The number of carbonyl (C=O) groups excluding carboxylic acids is 1. The number of rotatable bonds is 2. The van der Waals surface area contributed by atoms with Gasteiger partial charge in [0, 0.05) is 23.4 Å². The maximum Gasteiger partial charge on any atom is 0.228 e. The molecule has 2 heterocycles. The Balaban J connectivity index is 2.08. The lowest BCUT2D eigenvalue weighted by Gasteiger charge is -2.37. The molecular formula is C15H24N2O3S2. The van der Waals surface area contributed by atoms with Crippen LogP contribution in [0.25, 0.3) is 0 Å². The lowest BCUT2D eigenvalue weighted by molar-refractivity contribution is -0.132. The Labute approximate surface area is 136 Å². The summed E-state index contributed by atoms with van der Waals surface area (Å²) in [7, 11) is -3.07. The lowest BCUT2D eigenvalue weighted by Crippen LogP contribution is -2.54. The highest BCUT2D eigenvalue weighted by molar-refractivity contribution is 7.92. The van der Waals surface area contributed by atoms with Gasteiger partial charge < -0.3 is 4.90 Å². The normalized spacial score (nSPS) is 25.2. The van der Waals surface area contributed by atoms with Crippen molar-refractivity contribution in [1.29, 1.82) is 0 Å². The first-order valence-electron chi connectivity index (χ1n) is 7.48. The third-order valence-electron chi connectivity index (χ3n) is 4.20. The van der Waals surface area contributed by atoms with Gasteiger partial charge in [-0.05, 0) is 13.8 Å². The molecule has 1 aromatic heterocycles. The predicted octanol–water partition coefficient (Wildman–Crippen LogP) is 2.02. The fraction of sp³-hybridized carbons (Fsp3) is 0.733. The minimum atomic E-state index is -3.07. The van der Waals surface area contributed by atoms with Crippen molar-refractivity contribution >= 4 is 27.1 Å². The Morgan fingerprint density at radius 2 is 2.05 bits per heavy atom. The molecule has 1 fully saturated rings. The van der Waals surface area contributed by atoms with Crippen LogP contribution in [0.3, 0.4) is 0 Å². The smallest absolute Gasteiger partial charge is 0.228 e. The number of nitrogens with zero attached hydrogens (tertiary/aromatic N) is 2. The average Bonchev–Trinajstić information content (AvgIpc) is 2.84. The summed E-state index contributed by atoms with van der Waals surface area (Å²) in [6.07, 6.45) is 0.240. The van der Waals surface area contributed by atoms with Gasteiger partial charge >= 0.3 is 0 Å². The van der Waals surface area contributed by atoms with Crippen LogP contribution in [0.5, 0.6) is 0 Å². The van der Waals surface area contributed by atoms with Crippen LogP contribution in [-0.4, -0.2) is 47.8 Å². The molecule has 7 heteroatoms. The molecule has 1 aliphatic heterocycles. The van der Waals surface area contributed by atoms with Crippen LogP contribution in [-0.2, 0) is 26.5 Å². The Bertz CT molecular complexity index is 659. The van der Waals surface area contributed by atoms with Gasteiger partial charge in [-0.25, -0.2) is 13.4 Å². The van der Waals surface area contributed by atoms with Crippen molar-refractivity contribution < 1.29 is 13.2 Å². The average molecular weight is 345 g/mol. The van der Waals surface area contributed by atoms with E-state index in [1.54, 1.807) is 30.1 Å². The quantitative estimate of drug-likeness (QED) is 0.823. The first-order valence-corrected chi connectivity index (χ1v) is 10.1. The first kappa shape index (κ1) is 17.4. The zero-order valence-corrected chi connectivity index (χ0v) is 15.4. The Morgan fingerprint density at radius 1 is 1.41 bits per heavy atom. The van der Waals surface area contributed by atoms with Gasteiger partial charge in [-0.3, -0.25) is 4.79 Å². The second-order valence-corrected chi connectivity index (χ2v) is 10.3. The molecular weight excluding hydrogens is 320 g/mol. The van der Waals surface area contributed by atoms with Crippen molar-refractivity contribution in [1.82, 2.24) is 9.88 Å². The van der Waals surface area contributed by atoms with Crippen LogP contribution < -0.4 is 0 Å². The van der Waals surface area contributed by atoms with Gasteiger partial charge in [-0.2, -0.15) is 0 Å². The SMILES string of the molecule is C[C@@H]1[C@H](C)N(C(=O)Cc2csc(C(C)(C)C)n2)CCS1(=O)=O. The van der Waals surface area contributed by atoms with E-state index in [1.807, 2.05) is 5.38 Å². The van der Waals surface area contributed by atoms with Crippen molar-refractivity contribution in [3.8, 4) is 0 Å². The second kappa shape index (κ2) is 5.92. The molecule has 1 aromatic rings. The van der Waals surface area contributed by atoms with E-state index in [0.717, 1.165) is 10.7 Å². The highest BCUT2D eigenvalue weighted by Gasteiger charge is 2.38. The van der Waals surface area contributed by atoms with E-state index in [4.69, 9.17) is 0 Å². The van der Waals surface area contributed by atoms with Gasteiger partial charge in [-0.1, -0.05) is 20.8 Å². The van der Waals surface area contributed by atoms with E-state index in [0.29, 0.717) is 0 Å². The summed E-state index contributed by atoms with van der Waals surface area (Å²) < 4.78 is 23.8. The third kappa shape index (κ3) is 3.51. The molecule has 2 rings (SSSR count). The number of hydrogen-bond acceptors (Lipinski definition) is 5. The van der Waals surface area contributed by atoms with E-state index in [1.165, 1.54) is 0 Å². The molecule has 0 bridgehead atoms. The van der Waals surface area contributed by atoms with E-state index < -0.39 is 15.1 Å². The molecule has 0 radical (unpaired) electrons. The van der Waals surface area contributed by atoms with Crippen molar-refractivity contribution in [2.24, 2.45) is 0 Å². The van der Waals surface area contributed by atoms with Crippen molar-refractivity contribution in [3.63, 3.8) is 0 Å². The van der Waals surface area contributed by atoms with E-state index in [2.05, 4.69) is 25.8 Å². The summed E-state index contributed by atoms with van der Waals surface area (Å²) in [6, 6.07) is -0.285. The Morgan fingerprint density at radius 3 is 2.59 bits per heavy atom. The molecule has 0 unspecified atom stereocenters. The lowest BCUT2D eigenvalue weighted by atomic mass is 9.98. The maximum atomic E-state index is 12.5. The molecule has 2 atom stereocenters. The zero-order chi connectivity index (χ0) is 16.7. The largest absolute Gasteiger partial charge is 0.337 e. The van der Waals surface area contributed by atoms with Gasteiger partial charge in [0.05, 0.1) is 28.1 Å². The molecule has 1 aliphatic rings. The van der Waals surface area contributed by atoms with E-state index >= 15 is 0 Å². The molecule has 0 aromatic carbocycles. The minimum absolute atomic E-state index is 0.0209. The fourth-order valence-corrected chi connectivity index (χ4v) is 4.99. The molecule has 0 spiro atoms. The maximum absolute atomic E-state index is 12.5. The van der Waals surface area contributed by atoms with Gasteiger partial charge in [0.15, 0.2) is 9.84 Å². The van der Waals surface area contributed by atoms with Crippen LogP contribution in [0.15, 0.2) is 5.38 Å². The molecule has 22 heavy (non-hydrogen) atoms. The van der Waals surface area contributed by atoms with Crippen LogP contribution in [0.4, 0.5) is 0 Å². The van der Waals surface area contributed by atoms with Crippen molar-refractivity contribution in [2.75, 3.05) is 12.3 Å². The standard InChI is InChI=1S/C15H24N2O3S2/c1-10-11(2)22(19,20)7-6-17(10)13(18)8-12-9-21-14(16-12)15(3,4)5/h9-11H,6-8H2,1-5H3/t10-,11+/m0/s1. The molecule has 0 N–H and O–H groups in total. The third-order valence-corrected chi connectivity index (χ3v) is 7.80. The van der Waals surface area contributed by atoms with Crippen molar-refractivity contribution in [3.05, 3.63) is 16.1 Å². The van der Waals surface area contributed by atoms with Gasteiger partial charge in [0.2, 0.25) is 5.91 Å². The van der Waals surface area contributed by atoms with Crippen LogP contribution in [0, 0.1) is 0 Å². The predicted molar refractivity (Wildman–Crippen MR) is 88.9 cm³/mol. The number of aromatic nitrogens is 1. The topological polar surface area (TPSA) is 67.3 Å². The molecule has 1 saturated heterocycles. The number of sulfone groups is 1. The van der Waals surface area contributed by atoms with Crippen molar-refractivity contribution in [2.45, 2.75) is 57.7 Å². The Kier molecular flexibility index (Phi) is 4.69. The van der Waals surface area contributed by atoms with E-state index in [9.17, 15) is 13.2 Å². The second-order valence-electron chi connectivity index (χ2n) is 6.97. The zero-order valence-electron chi connectivity index (χ0n) is 13.8. The van der Waals surface area contributed by atoms with E-state index in [-0.39, 0.29) is 36.1 Å². The monoisotopic (exact) mass is 344 g/mol. The molecule has 1 amide bonds. The van der Waals surface area contributed by atoms with Gasteiger partial charge in [0.25, 0.3) is 0 Å². The number of carbonyl (C=O) groups is 1. The summed E-state index contributed by atoms with van der Waals surface area (Å²) in [6.45, 7) is 10.0. The van der Waals surface area contributed by atoms with Gasteiger partial charge in [-0.15, -0.1) is 11.3 Å². The molecule has 5 nitrogen and oxygen atoms in total. The van der Waals surface area contributed by atoms with Crippen LogP contribution >= 0.6 is 11.3 Å². The molecule has 124 valence electrons.